The lowest BCUT2D eigenvalue weighted by molar-refractivity contribution is 0.316. The molecular weight excluding hydrogens is 261 g/mol. The largest absolute Gasteiger partial charge is 0.250 e. The maximum Gasteiger partial charge on any atom is 0.0797 e. The van der Waals surface area contributed by atoms with Gasteiger partial charge in [-0.25, -0.2) is 4.98 Å². The average Bonchev–Trinajstić information content (AvgIpc) is 2.70. The lowest BCUT2D eigenvalue weighted by Gasteiger charge is -2.29. The Morgan fingerprint density at radius 3 is 2.44 bits per heavy atom. The molecule has 0 saturated heterocycles. The highest BCUT2D eigenvalue weighted by Gasteiger charge is 2.27. The van der Waals surface area contributed by atoms with E-state index in [1.165, 1.54) is 4.88 Å². The summed E-state index contributed by atoms with van der Waals surface area (Å²) in [5, 5.41) is 0. The van der Waals surface area contributed by atoms with Crippen LogP contribution in [-0.2, 0) is 6.42 Å². The van der Waals surface area contributed by atoms with Gasteiger partial charge in [0.05, 0.1) is 11.2 Å². The van der Waals surface area contributed by atoms with Crippen molar-refractivity contribution in [2.45, 2.75) is 39.5 Å². The van der Waals surface area contributed by atoms with E-state index < -0.39 is 0 Å². The number of halogens is 2. The second-order valence-electron chi connectivity index (χ2n) is 4.38. The summed E-state index contributed by atoms with van der Waals surface area (Å²) in [6, 6.07) is 0. The van der Waals surface area contributed by atoms with Gasteiger partial charge >= 0.3 is 0 Å². The van der Waals surface area contributed by atoms with Crippen molar-refractivity contribution < 1.29 is 0 Å². The van der Waals surface area contributed by atoms with Gasteiger partial charge in [0, 0.05) is 16.6 Å². The van der Waals surface area contributed by atoms with Gasteiger partial charge in [-0.3, -0.25) is 0 Å². The molecule has 0 aliphatic rings. The number of alkyl halides is 2. The van der Waals surface area contributed by atoms with Crippen LogP contribution in [0.5, 0.6) is 0 Å². The van der Waals surface area contributed by atoms with Crippen molar-refractivity contribution in [2.24, 2.45) is 5.41 Å². The normalized spacial score (nSPS) is 12.0. The van der Waals surface area contributed by atoms with E-state index in [0.717, 1.165) is 31.4 Å². The molecule has 0 spiro atoms. The van der Waals surface area contributed by atoms with Crippen molar-refractivity contribution >= 4 is 34.5 Å². The topological polar surface area (TPSA) is 12.9 Å². The average molecular weight is 280 g/mol. The summed E-state index contributed by atoms with van der Waals surface area (Å²) in [7, 11) is 0. The van der Waals surface area contributed by atoms with Crippen LogP contribution >= 0.6 is 34.5 Å². The lowest BCUT2D eigenvalue weighted by Crippen LogP contribution is -2.25. The Bertz CT molecular complexity index is 308. The van der Waals surface area contributed by atoms with E-state index in [0.29, 0.717) is 11.8 Å². The molecule has 0 aromatic carbocycles. The van der Waals surface area contributed by atoms with Gasteiger partial charge in [-0.15, -0.1) is 34.5 Å². The fourth-order valence-corrected chi connectivity index (χ4v) is 3.50. The van der Waals surface area contributed by atoms with Crippen LogP contribution in [0, 0.1) is 12.3 Å². The molecule has 1 rings (SSSR count). The number of thiazole rings is 1. The van der Waals surface area contributed by atoms with Gasteiger partial charge in [-0.2, -0.15) is 0 Å². The van der Waals surface area contributed by atoms with Gasteiger partial charge in [0.25, 0.3) is 0 Å². The quantitative estimate of drug-likeness (QED) is 0.662. The molecule has 4 heteroatoms. The highest BCUT2D eigenvalue weighted by molar-refractivity contribution is 7.09. The summed E-state index contributed by atoms with van der Waals surface area (Å²) in [5.74, 6) is 1.31. The van der Waals surface area contributed by atoms with Crippen molar-refractivity contribution in [2.75, 3.05) is 11.8 Å². The summed E-state index contributed by atoms with van der Waals surface area (Å²) in [6.07, 6.45) is 4.37. The Morgan fingerprint density at radius 1 is 1.31 bits per heavy atom. The van der Waals surface area contributed by atoms with E-state index in [1.807, 2.05) is 5.51 Å². The summed E-state index contributed by atoms with van der Waals surface area (Å²) < 4.78 is 0. The third-order valence-corrected chi connectivity index (χ3v) is 5.20. The fraction of sp³-hybridized carbons (Fsp3) is 0.750. The molecule has 1 aromatic rings. The lowest BCUT2D eigenvalue weighted by atomic mass is 9.82. The smallest absolute Gasteiger partial charge is 0.0797 e. The number of aryl methyl sites for hydroxylation is 2. The number of hydrogen-bond donors (Lipinski definition) is 0. The monoisotopic (exact) mass is 279 g/mol. The Labute approximate surface area is 112 Å². The first-order valence-electron chi connectivity index (χ1n) is 5.68. The van der Waals surface area contributed by atoms with E-state index in [9.17, 15) is 0 Å². The Kier molecular flexibility index (Phi) is 6.09. The minimum absolute atomic E-state index is 0.105. The molecule has 16 heavy (non-hydrogen) atoms. The van der Waals surface area contributed by atoms with Crippen LogP contribution in [0.3, 0.4) is 0 Å². The molecule has 0 radical (unpaired) electrons. The van der Waals surface area contributed by atoms with E-state index >= 15 is 0 Å². The van der Waals surface area contributed by atoms with Crippen LogP contribution < -0.4 is 0 Å². The molecule has 0 amide bonds. The molecule has 0 fully saturated rings. The van der Waals surface area contributed by atoms with Crippen molar-refractivity contribution in [3.63, 3.8) is 0 Å². The summed E-state index contributed by atoms with van der Waals surface area (Å²) in [4.78, 5) is 5.64. The molecule has 0 aliphatic heterocycles. The fourth-order valence-electron chi connectivity index (χ4n) is 1.90. The second kappa shape index (κ2) is 6.83. The van der Waals surface area contributed by atoms with Gasteiger partial charge in [0.2, 0.25) is 0 Å². The van der Waals surface area contributed by atoms with Gasteiger partial charge in [-0.1, -0.05) is 13.3 Å². The molecule has 0 bridgehead atoms. The van der Waals surface area contributed by atoms with Crippen molar-refractivity contribution in [1.82, 2.24) is 4.98 Å². The van der Waals surface area contributed by atoms with Crippen molar-refractivity contribution in [3.05, 3.63) is 16.1 Å². The molecule has 1 aromatic heterocycles. The van der Waals surface area contributed by atoms with Gasteiger partial charge < -0.3 is 0 Å². The molecule has 1 heterocycles. The van der Waals surface area contributed by atoms with Crippen LogP contribution in [0.25, 0.3) is 0 Å². The highest BCUT2D eigenvalue weighted by Crippen LogP contribution is 2.33. The maximum absolute atomic E-state index is 6.09. The number of hydrogen-bond acceptors (Lipinski definition) is 2. The standard InChI is InChI=1S/C12H19Cl2NS/c1-3-5-12(7-13,8-14)6-4-11-10(2)15-9-16-11/h9H,3-8H2,1-2H3. The van der Waals surface area contributed by atoms with E-state index in [-0.39, 0.29) is 5.41 Å². The van der Waals surface area contributed by atoms with Crippen LogP contribution in [0.2, 0.25) is 0 Å². The van der Waals surface area contributed by atoms with Crippen LogP contribution in [-0.4, -0.2) is 16.7 Å². The molecule has 0 unspecified atom stereocenters. The Balaban J connectivity index is 2.59. The molecule has 0 atom stereocenters. The van der Waals surface area contributed by atoms with Crippen molar-refractivity contribution in [3.8, 4) is 0 Å². The first kappa shape index (κ1) is 14.3. The molecule has 0 N–H and O–H groups in total. The van der Waals surface area contributed by atoms with Gasteiger partial charge in [-0.05, 0) is 31.6 Å². The molecule has 0 aliphatic carbocycles. The number of nitrogens with zero attached hydrogens (tertiary/aromatic N) is 1. The van der Waals surface area contributed by atoms with E-state index in [2.05, 4.69) is 18.8 Å². The molecule has 92 valence electrons. The molecular formula is C12H19Cl2NS. The van der Waals surface area contributed by atoms with Crippen LogP contribution in [0.4, 0.5) is 0 Å². The Morgan fingerprint density at radius 2 is 2.00 bits per heavy atom. The zero-order valence-electron chi connectivity index (χ0n) is 9.93. The first-order valence-corrected chi connectivity index (χ1v) is 7.63. The number of rotatable bonds is 7. The predicted octanol–water partition coefficient (Wildman–Crippen LogP) is 4.65. The van der Waals surface area contributed by atoms with Crippen LogP contribution in [0.15, 0.2) is 5.51 Å². The molecule has 1 nitrogen and oxygen atoms in total. The predicted molar refractivity (Wildman–Crippen MR) is 74.0 cm³/mol. The SMILES string of the molecule is CCCC(CCl)(CCl)CCc1scnc1C. The third-order valence-electron chi connectivity index (χ3n) is 3.07. The third kappa shape index (κ3) is 3.61. The maximum atomic E-state index is 6.09. The second-order valence-corrected chi connectivity index (χ2v) is 5.85. The highest BCUT2D eigenvalue weighted by atomic mass is 35.5. The zero-order chi connectivity index (χ0) is 12.0. The van der Waals surface area contributed by atoms with Gasteiger partial charge in [0.15, 0.2) is 0 Å². The van der Waals surface area contributed by atoms with E-state index in [4.69, 9.17) is 23.2 Å². The van der Waals surface area contributed by atoms with E-state index in [1.54, 1.807) is 11.3 Å². The minimum Gasteiger partial charge on any atom is -0.250 e. The van der Waals surface area contributed by atoms with Gasteiger partial charge in [0.1, 0.15) is 0 Å². The molecule has 0 saturated carbocycles. The summed E-state index contributed by atoms with van der Waals surface area (Å²) in [5.41, 5.74) is 3.17. The summed E-state index contributed by atoms with van der Waals surface area (Å²) >= 11 is 13.9. The minimum atomic E-state index is 0.105. The summed E-state index contributed by atoms with van der Waals surface area (Å²) in [6.45, 7) is 4.25. The van der Waals surface area contributed by atoms with Crippen molar-refractivity contribution in [1.29, 1.82) is 0 Å². The Hall–Kier alpha value is 0.210. The zero-order valence-corrected chi connectivity index (χ0v) is 12.3. The van der Waals surface area contributed by atoms with Crippen LogP contribution in [0.1, 0.15) is 36.8 Å². The first-order chi connectivity index (χ1) is 7.67. The number of aromatic nitrogens is 1.